The second-order valence-corrected chi connectivity index (χ2v) is 6.30. The first-order valence-corrected chi connectivity index (χ1v) is 8.65. The number of rotatable bonds is 4. The van der Waals surface area contributed by atoms with E-state index in [2.05, 4.69) is 4.98 Å². The maximum atomic E-state index is 10.7. The van der Waals surface area contributed by atoms with Crippen LogP contribution in [0, 0.1) is 0 Å². The van der Waals surface area contributed by atoms with E-state index in [4.69, 9.17) is 19.9 Å². The third kappa shape index (κ3) is 3.39. The van der Waals surface area contributed by atoms with Crippen LogP contribution in [-0.4, -0.2) is 17.2 Å². The van der Waals surface area contributed by atoms with Gasteiger partial charge in [0.05, 0.1) is 18.9 Å². The smallest absolute Gasteiger partial charge is 0.242 e. The van der Waals surface area contributed by atoms with Gasteiger partial charge >= 0.3 is 0 Å². The number of aliphatic hydroxyl groups excluding tert-OH is 1. The van der Waals surface area contributed by atoms with Gasteiger partial charge in [-0.3, -0.25) is 0 Å². The molecule has 2 atom stereocenters. The van der Waals surface area contributed by atoms with Gasteiger partial charge in [-0.25, -0.2) is 4.98 Å². The Morgan fingerprint density at radius 1 is 1.11 bits per heavy atom. The van der Waals surface area contributed by atoms with E-state index in [-0.39, 0.29) is 6.10 Å². The summed E-state index contributed by atoms with van der Waals surface area (Å²) in [6.45, 7) is 0. The Bertz CT molecular complexity index is 960. The molecular weight excluding hydrogens is 344 g/mol. The van der Waals surface area contributed by atoms with Gasteiger partial charge in [-0.15, -0.1) is 0 Å². The van der Waals surface area contributed by atoms with Gasteiger partial charge < -0.3 is 25.1 Å². The maximum absolute atomic E-state index is 10.7. The van der Waals surface area contributed by atoms with Crippen LogP contribution in [0.4, 0.5) is 5.69 Å². The predicted octanol–water partition coefficient (Wildman–Crippen LogP) is 4.02. The first-order valence-electron chi connectivity index (χ1n) is 8.65. The number of aliphatic hydroxyl groups is 1. The first-order chi connectivity index (χ1) is 13.2. The topological polar surface area (TPSA) is 86.8 Å². The van der Waals surface area contributed by atoms with Crippen LogP contribution in [0.1, 0.15) is 29.8 Å². The average molecular weight is 364 g/mol. The molecule has 0 fully saturated rings. The van der Waals surface area contributed by atoms with Gasteiger partial charge in [-0.2, -0.15) is 0 Å². The normalized spacial score (nSPS) is 18.3. The molecule has 6 nitrogen and oxygen atoms in total. The molecule has 1 aromatic heterocycles. The lowest BCUT2D eigenvalue weighted by Crippen LogP contribution is -2.19. The highest BCUT2D eigenvalue weighted by molar-refractivity contribution is 5.51. The van der Waals surface area contributed by atoms with Gasteiger partial charge in [0.15, 0.2) is 0 Å². The Morgan fingerprint density at radius 3 is 2.78 bits per heavy atom. The van der Waals surface area contributed by atoms with Gasteiger partial charge in [0.1, 0.15) is 23.4 Å². The van der Waals surface area contributed by atoms with Crippen LogP contribution < -0.4 is 19.9 Å². The van der Waals surface area contributed by atoms with E-state index >= 15 is 0 Å². The minimum absolute atomic E-state index is 0.290. The van der Waals surface area contributed by atoms with E-state index in [0.29, 0.717) is 35.1 Å². The molecule has 0 aliphatic carbocycles. The van der Waals surface area contributed by atoms with Gasteiger partial charge in [0.25, 0.3) is 0 Å². The van der Waals surface area contributed by atoms with Crippen molar-refractivity contribution in [2.45, 2.75) is 18.6 Å². The standard InChI is InChI=1S/C21H20N2O4/c1-25-18-7-3-2-5-14(18)20-12-17(24)15-11-13(8-9-19(15)27-20)26-21-16(22)6-4-10-23-21/h2-11,17,20,24H,12,22H2,1H3/t17-,20-/m0/s1. The molecule has 138 valence electrons. The highest BCUT2D eigenvalue weighted by atomic mass is 16.5. The molecule has 4 rings (SSSR count). The van der Waals surface area contributed by atoms with Crippen molar-refractivity contribution in [3.63, 3.8) is 0 Å². The maximum Gasteiger partial charge on any atom is 0.242 e. The molecule has 0 bridgehead atoms. The van der Waals surface area contributed by atoms with Crippen LogP contribution in [0.2, 0.25) is 0 Å². The Kier molecular flexibility index (Phi) is 4.56. The average Bonchev–Trinajstić information content (AvgIpc) is 2.70. The van der Waals surface area contributed by atoms with Crippen LogP contribution in [0.25, 0.3) is 0 Å². The number of benzene rings is 2. The summed E-state index contributed by atoms with van der Waals surface area (Å²) >= 11 is 0. The fourth-order valence-electron chi connectivity index (χ4n) is 3.21. The summed E-state index contributed by atoms with van der Waals surface area (Å²) in [6.07, 6.45) is 1.05. The number of ether oxygens (including phenoxy) is 3. The molecule has 3 N–H and O–H groups in total. The molecule has 1 aliphatic heterocycles. The molecule has 0 spiro atoms. The zero-order valence-electron chi connectivity index (χ0n) is 14.8. The lowest BCUT2D eigenvalue weighted by atomic mass is 9.94. The van der Waals surface area contributed by atoms with Gasteiger partial charge in [-0.1, -0.05) is 18.2 Å². The van der Waals surface area contributed by atoms with Crippen LogP contribution in [0.15, 0.2) is 60.8 Å². The third-order valence-electron chi connectivity index (χ3n) is 4.55. The Hall–Kier alpha value is -3.25. The molecule has 3 aromatic rings. The molecule has 2 aromatic carbocycles. The number of aromatic nitrogens is 1. The quantitative estimate of drug-likeness (QED) is 0.727. The van der Waals surface area contributed by atoms with Crippen LogP contribution >= 0.6 is 0 Å². The number of hydrogen-bond donors (Lipinski definition) is 2. The number of para-hydroxylation sites is 1. The number of nitrogen functional groups attached to an aromatic ring is 1. The highest BCUT2D eigenvalue weighted by Crippen LogP contribution is 2.44. The minimum Gasteiger partial charge on any atom is -0.496 e. The lowest BCUT2D eigenvalue weighted by Gasteiger charge is -2.30. The van der Waals surface area contributed by atoms with Crippen molar-refractivity contribution in [1.29, 1.82) is 0 Å². The van der Waals surface area contributed by atoms with E-state index in [1.807, 2.05) is 24.3 Å². The Morgan fingerprint density at radius 2 is 1.96 bits per heavy atom. The van der Waals surface area contributed by atoms with Gasteiger partial charge in [-0.05, 0) is 36.4 Å². The zero-order valence-corrected chi connectivity index (χ0v) is 14.8. The van der Waals surface area contributed by atoms with Crippen molar-refractivity contribution < 1.29 is 19.3 Å². The molecule has 1 aliphatic rings. The van der Waals surface area contributed by atoms with E-state index in [1.54, 1.807) is 43.6 Å². The van der Waals surface area contributed by atoms with Gasteiger partial charge in [0.2, 0.25) is 5.88 Å². The van der Waals surface area contributed by atoms with Crippen molar-refractivity contribution in [3.05, 3.63) is 71.9 Å². The van der Waals surface area contributed by atoms with Crippen LogP contribution in [-0.2, 0) is 0 Å². The molecular formula is C21H20N2O4. The molecule has 0 amide bonds. The number of methoxy groups -OCH3 is 1. The van der Waals surface area contributed by atoms with Crippen LogP contribution in [0.5, 0.6) is 23.1 Å². The lowest BCUT2D eigenvalue weighted by molar-refractivity contribution is 0.0643. The zero-order chi connectivity index (χ0) is 18.8. The van der Waals surface area contributed by atoms with Gasteiger partial charge in [0, 0.05) is 23.7 Å². The van der Waals surface area contributed by atoms with Crippen molar-refractivity contribution in [2.24, 2.45) is 0 Å². The summed E-state index contributed by atoms with van der Waals surface area (Å²) in [7, 11) is 1.62. The largest absolute Gasteiger partial charge is 0.496 e. The van der Waals surface area contributed by atoms with Crippen LogP contribution in [0.3, 0.4) is 0 Å². The van der Waals surface area contributed by atoms with Crippen molar-refractivity contribution in [2.75, 3.05) is 12.8 Å². The summed E-state index contributed by atoms with van der Waals surface area (Å²) in [5.74, 6) is 2.22. The predicted molar refractivity (Wildman–Crippen MR) is 101 cm³/mol. The summed E-state index contributed by atoms with van der Waals surface area (Å²) in [5, 5.41) is 10.7. The SMILES string of the molecule is COc1ccccc1[C@@H]1C[C@H](O)c2cc(Oc3ncccc3N)ccc2O1. The van der Waals surface area contributed by atoms with Crippen molar-refractivity contribution in [1.82, 2.24) is 4.98 Å². The summed E-state index contributed by atoms with van der Waals surface area (Å²) < 4.78 is 17.3. The third-order valence-corrected chi connectivity index (χ3v) is 4.55. The van der Waals surface area contributed by atoms with Crippen molar-refractivity contribution in [3.8, 4) is 23.1 Å². The molecule has 0 unspecified atom stereocenters. The number of fused-ring (bicyclic) bond motifs is 1. The van der Waals surface area contributed by atoms with E-state index in [0.717, 1.165) is 11.3 Å². The second kappa shape index (κ2) is 7.17. The molecule has 2 heterocycles. The number of anilines is 1. The summed E-state index contributed by atoms with van der Waals surface area (Å²) in [4.78, 5) is 4.12. The monoisotopic (exact) mass is 364 g/mol. The molecule has 0 saturated heterocycles. The number of nitrogens with two attached hydrogens (primary N) is 1. The second-order valence-electron chi connectivity index (χ2n) is 6.30. The number of nitrogens with zero attached hydrogens (tertiary/aromatic N) is 1. The Balaban J connectivity index is 1.60. The number of hydrogen-bond acceptors (Lipinski definition) is 6. The molecule has 0 saturated carbocycles. The first kappa shape index (κ1) is 17.2. The van der Waals surface area contributed by atoms with E-state index in [9.17, 15) is 5.11 Å². The van der Waals surface area contributed by atoms with E-state index < -0.39 is 6.10 Å². The minimum atomic E-state index is -0.687. The molecule has 6 heteroatoms. The molecule has 27 heavy (non-hydrogen) atoms. The fraction of sp³-hybridized carbons (Fsp3) is 0.190. The molecule has 0 radical (unpaired) electrons. The van der Waals surface area contributed by atoms with Crippen molar-refractivity contribution >= 4 is 5.69 Å². The van der Waals surface area contributed by atoms with E-state index in [1.165, 1.54) is 0 Å². The fourth-order valence-corrected chi connectivity index (χ4v) is 3.21. The highest BCUT2D eigenvalue weighted by Gasteiger charge is 2.30. The Labute approximate surface area is 157 Å². The summed E-state index contributed by atoms with van der Waals surface area (Å²) in [6, 6.07) is 16.4. The number of pyridine rings is 1. The summed E-state index contributed by atoms with van der Waals surface area (Å²) in [5.41, 5.74) is 7.90.